The molecule has 0 aliphatic carbocycles. The molecule has 0 spiro atoms. The Kier molecular flexibility index (Phi) is 5.59. The highest BCUT2D eigenvalue weighted by atomic mass is 16.5. The van der Waals surface area contributed by atoms with Gasteiger partial charge in [0.1, 0.15) is 5.75 Å². The van der Waals surface area contributed by atoms with Gasteiger partial charge in [-0.2, -0.15) is 5.21 Å². The fourth-order valence-corrected chi connectivity index (χ4v) is 3.62. The summed E-state index contributed by atoms with van der Waals surface area (Å²) in [6, 6.07) is 8.46. The number of benzene rings is 1. The van der Waals surface area contributed by atoms with E-state index in [0.717, 1.165) is 56.1 Å². The number of hydrogen-bond donors (Lipinski definition) is 1. The van der Waals surface area contributed by atoms with Crippen LogP contribution in [0.3, 0.4) is 0 Å². The third-order valence-electron chi connectivity index (χ3n) is 5.10. The molecule has 28 heavy (non-hydrogen) atoms. The predicted molar refractivity (Wildman–Crippen MR) is 106 cm³/mol. The zero-order chi connectivity index (χ0) is 19.3. The lowest BCUT2D eigenvalue weighted by Crippen LogP contribution is -2.45. The topological polar surface area (TPSA) is 83.1 Å². The van der Waals surface area contributed by atoms with Crippen molar-refractivity contribution in [2.24, 2.45) is 0 Å². The average Bonchev–Trinajstić information content (AvgIpc) is 3.25. The Hall–Kier alpha value is -2.84. The van der Waals surface area contributed by atoms with E-state index in [4.69, 9.17) is 4.74 Å². The number of pyridine rings is 1. The van der Waals surface area contributed by atoms with E-state index in [1.54, 1.807) is 13.3 Å². The van der Waals surface area contributed by atoms with E-state index in [1.165, 1.54) is 11.1 Å². The van der Waals surface area contributed by atoms with Crippen molar-refractivity contribution in [2.75, 3.05) is 33.3 Å². The lowest BCUT2D eigenvalue weighted by Gasteiger charge is -2.35. The Labute approximate surface area is 164 Å². The van der Waals surface area contributed by atoms with Crippen molar-refractivity contribution in [1.82, 2.24) is 35.4 Å². The van der Waals surface area contributed by atoms with Crippen LogP contribution in [0.5, 0.6) is 5.75 Å². The van der Waals surface area contributed by atoms with Gasteiger partial charge in [-0.3, -0.25) is 14.8 Å². The molecular weight excluding hydrogens is 354 g/mol. The van der Waals surface area contributed by atoms with Gasteiger partial charge in [-0.1, -0.05) is 17.7 Å². The number of aryl methyl sites for hydroxylation is 1. The average molecular weight is 379 g/mol. The highest BCUT2D eigenvalue weighted by Crippen LogP contribution is 2.22. The van der Waals surface area contributed by atoms with Crippen molar-refractivity contribution in [2.45, 2.75) is 20.0 Å². The van der Waals surface area contributed by atoms with E-state index in [9.17, 15) is 0 Å². The molecule has 2 aromatic heterocycles. The van der Waals surface area contributed by atoms with E-state index in [0.29, 0.717) is 5.82 Å². The molecule has 8 nitrogen and oxygen atoms in total. The van der Waals surface area contributed by atoms with Crippen LogP contribution in [0.2, 0.25) is 0 Å². The van der Waals surface area contributed by atoms with Crippen LogP contribution in [0, 0.1) is 6.92 Å². The normalized spacial score (nSPS) is 15.6. The van der Waals surface area contributed by atoms with Gasteiger partial charge >= 0.3 is 0 Å². The molecule has 0 bridgehead atoms. The Morgan fingerprint density at radius 2 is 1.82 bits per heavy atom. The summed E-state index contributed by atoms with van der Waals surface area (Å²) in [5.74, 6) is 1.55. The van der Waals surface area contributed by atoms with Gasteiger partial charge in [0.05, 0.1) is 7.11 Å². The number of hydrogen-bond acceptors (Lipinski definition) is 7. The van der Waals surface area contributed by atoms with Gasteiger partial charge in [-0.25, -0.2) is 0 Å². The van der Waals surface area contributed by atoms with Crippen molar-refractivity contribution < 1.29 is 4.74 Å². The minimum atomic E-state index is 0.575. The van der Waals surface area contributed by atoms with Gasteiger partial charge in [0.15, 0.2) is 0 Å². The summed E-state index contributed by atoms with van der Waals surface area (Å²) in [4.78, 5) is 9.28. The van der Waals surface area contributed by atoms with E-state index in [1.807, 2.05) is 6.20 Å². The van der Waals surface area contributed by atoms with E-state index in [2.05, 4.69) is 66.6 Å². The summed E-state index contributed by atoms with van der Waals surface area (Å²) in [5, 5.41) is 14.2. The fraction of sp³-hybridized carbons (Fsp3) is 0.400. The van der Waals surface area contributed by atoms with Crippen LogP contribution in [-0.4, -0.2) is 68.7 Å². The van der Waals surface area contributed by atoms with E-state index < -0.39 is 0 Å². The molecular formula is C20H25N7O. The Balaban J connectivity index is 1.34. The number of nitrogens with zero attached hydrogens (tertiary/aromatic N) is 6. The van der Waals surface area contributed by atoms with Crippen molar-refractivity contribution in [3.8, 4) is 17.1 Å². The number of rotatable bonds is 6. The summed E-state index contributed by atoms with van der Waals surface area (Å²) in [5.41, 5.74) is 4.57. The molecule has 1 aromatic carbocycles. The van der Waals surface area contributed by atoms with Gasteiger partial charge < -0.3 is 4.74 Å². The molecule has 4 rings (SSSR count). The maximum absolute atomic E-state index is 5.52. The van der Waals surface area contributed by atoms with Crippen LogP contribution in [-0.2, 0) is 13.1 Å². The minimum absolute atomic E-state index is 0.575. The standard InChI is InChI=1S/C20H25N7O/c1-15-3-4-19(28-2)18(9-15)14-27-7-5-26(6-8-27)13-16-10-17(12-21-11-16)20-22-24-25-23-20/h3-4,9-12H,5-8,13-14H2,1-2H3,(H,22,23,24,25). The van der Waals surface area contributed by atoms with Crippen LogP contribution in [0.4, 0.5) is 0 Å². The highest BCUT2D eigenvalue weighted by molar-refractivity contribution is 5.52. The number of ether oxygens (including phenoxy) is 1. The van der Waals surface area contributed by atoms with Crippen molar-refractivity contribution in [1.29, 1.82) is 0 Å². The molecule has 1 aliphatic rings. The van der Waals surface area contributed by atoms with Crippen molar-refractivity contribution in [3.05, 3.63) is 53.3 Å². The Morgan fingerprint density at radius 3 is 2.54 bits per heavy atom. The third-order valence-corrected chi connectivity index (χ3v) is 5.10. The maximum Gasteiger partial charge on any atom is 0.206 e. The third kappa shape index (κ3) is 4.35. The predicted octanol–water partition coefficient (Wildman–Crippen LogP) is 1.90. The second-order valence-corrected chi connectivity index (χ2v) is 7.18. The molecule has 0 unspecified atom stereocenters. The van der Waals surface area contributed by atoms with Gasteiger partial charge in [0.2, 0.25) is 5.82 Å². The molecule has 1 fully saturated rings. The summed E-state index contributed by atoms with van der Waals surface area (Å²) >= 11 is 0. The summed E-state index contributed by atoms with van der Waals surface area (Å²) in [7, 11) is 1.74. The first-order chi connectivity index (χ1) is 13.7. The van der Waals surface area contributed by atoms with E-state index in [-0.39, 0.29) is 0 Å². The Morgan fingerprint density at radius 1 is 1.04 bits per heavy atom. The van der Waals surface area contributed by atoms with Crippen LogP contribution in [0.1, 0.15) is 16.7 Å². The number of aromatic amines is 1. The largest absolute Gasteiger partial charge is 0.496 e. The fourth-order valence-electron chi connectivity index (χ4n) is 3.62. The number of tetrazole rings is 1. The van der Waals surface area contributed by atoms with Crippen LogP contribution >= 0.6 is 0 Å². The number of methoxy groups -OCH3 is 1. The molecule has 1 saturated heterocycles. The molecule has 1 N–H and O–H groups in total. The van der Waals surface area contributed by atoms with Crippen LogP contribution in [0.25, 0.3) is 11.4 Å². The molecule has 0 radical (unpaired) electrons. The second-order valence-electron chi connectivity index (χ2n) is 7.18. The van der Waals surface area contributed by atoms with Crippen molar-refractivity contribution >= 4 is 0 Å². The van der Waals surface area contributed by atoms with Crippen LogP contribution in [0.15, 0.2) is 36.7 Å². The quantitative estimate of drug-likeness (QED) is 0.700. The van der Waals surface area contributed by atoms with Gasteiger partial charge in [0, 0.05) is 62.8 Å². The lowest BCUT2D eigenvalue weighted by molar-refractivity contribution is 0.121. The van der Waals surface area contributed by atoms with E-state index >= 15 is 0 Å². The zero-order valence-electron chi connectivity index (χ0n) is 16.3. The first kappa shape index (κ1) is 18.5. The van der Waals surface area contributed by atoms with Gasteiger partial charge in [0.25, 0.3) is 0 Å². The number of piperazine rings is 1. The van der Waals surface area contributed by atoms with Crippen molar-refractivity contribution in [3.63, 3.8) is 0 Å². The zero-order valence-corrected chi connectivity index (χ0v) is 16.3. The molecule has 146 valence electrons. The molecule has 8 heteroatoms. The molecule has 3 aromatic rings. The molecule has 0 amide bonds. The monoisotopic (exact) mass is 379 g/mol. The summed E-state index contributed by atoms with van der Waals surface area (Å²) < 4.78 is 5.52. The number of H-pyrrole nitrogens is 1. The SMILES string of the molecule is COc1ccc(C)cc1CN1CCN(Cc2cncc(-c3nn[nH]n3)c2)CC1. The molecule has 0 saturated carbocycles. The van der Waals surface area contributed by atoms with Crippen LogP contribution < -0.4 is 4.74 Å². The maximum atomic E-state index is 5.52. The molecule has 1 aliphatic heterocycles. The minimum Gasteiger partial charge on any atom is -0.496 e. The second kappa shape index (κ2) is 8.45. The van der Waals surface area contributed by atoms with Gasteiger partial charge in [-0.15, -0.1) is 10.2 Å². The summed E-state index contributed by atoms with van der Waals surface area (Å²) in [6.07, 6.45) is 3.68. The van der Waals surface area contributed by atoms with Gasteiger partial charge in [-0.05, 0) is 29.8 Å². The molecule has 3 heterocycles. The smallest absolute Gasteiger partial charge is 0.206 e. The molecule has 0 atom stereocenters. The first-order valence-corrected chi connectivity index (χ1v) is 9.47. The number of aromatic nitrogens is 5. The lowest BCUT2D eigenvalue weighted by atomic mass is 10.1. The first-order valence-electron chi connectivity index (χ1n) is 9.47. The summed E-state index contributed by atoms with van der Waals surface area (Å²) in [6.45, 7) is 8.05. The Bertz CT molecular complexity index is 905. The number of nitrogens with one attached hydrogen (secondary N) is 1. The highest BCUT2D eigenvalue weighted by Gasteiger charge is 2.19.